The van der Waals surface area contributed by atoms with Crippen molar-refractivity contribution in [3.05, 3.63) is 34.9 Å². The highest BCUT2D eigenvalue weighted by Crippen LogP contribution is 2.19. The fraction of sp³-hybridized carbons (Fsp3) is 0.600. The van der Waals surface area contributed by atoms with Gasteiger partial charge in [-0.2, -0.15) is 0 Å². The van der Waals surface area contributed by atoms with Crippen LogP contribution in [0.1, 0.15) is 43.4 Å². The molecule has 96 valence electrons. The molecule has 1 aromatic rings. The van der Waals surface area contributed by atoms with Gasteiger partial charge in [0.25, 0.3) is 0 Å². The van der Waals surface area contributed by atoms with E-state index in [1.807, 2.05) is 7.05 Å². The van der Waals surface area contributed by atoms with Gasteiger partial charge in [0.1, 0.15) is 5.72 Å². The minimum Gasteiger partial charge on any atom is -0.356 e. The first-order valence-corrected chi connectivity index (χ1v) is 6.46. The van der Waals surface area contributed by atoms with Gasteiger partial charge in [0, 0.05) is 0 Å². The molecule has 0 spiro atoms. The second-order valence-electron chi connectivity index (χ2n) is 4.66. The third-order valence-corrected chi connectivity index (χ3v) is 3.68. The van der Waals surface area contributed by atoms with Crippen LogP contribution in [0.15, 0.2) is 18.2 Å². The van der Waals surface area contributed by atoms with Gasteiger partial charge in [-0.3, -0.25) is 5.32 Å². The molecular weight excluding hydrogens is 210 g/mol. The Balaban J connectivity index is 2.68. The predicted octanol–water partition coefficient (Wildman–Crippen LogP) is 3.56. The lowest BCUT2D eigenvalue weighted by Gasteiger charge is -2.31. The van der Waals surface area contributed by atoms with Crippen molar-refractivity contribution >= 4 is 0 Å². The average molecular weight is 235 g/mol. The summed E-state index contributed by atoms with van der Waals surface area (Å²) in [5.74, 6) is 0. The summed E-state index contributed by atoms with van der Waals surface area (Å²) in [6, 6.07) is 6.52. The Morgan fingerprint density at radius 3 is 2.24 bits per heavy atom. The number of hydrogen-bond donors (Lipinski definition) is 1. The maximum absolute atomic E-state index is 6.05. The smallest absolute Gasteiger partial charge is 0.118 e. The number of hydrogen-bond acceptors (Lipinski definition) is 2. The molecule has 0 radical (unpaired) electrons. The zero-order valence-corrected chi connectivity index (χ0v) is 11.8. The molecular formula is C15H25NO. The minimum atomic E-state index is -0.182. The summed E-state index contributed by atoms with van der Waals surface area (Å²) >= 11 is 0. The standard InChI is InChI=1S/C15H25NO/c1-6-15(7-2,16-5)17-11-14-9-8-12(3)13(4)10-14/h8-10,16H,6-7,11H2,1-5H3. The van der Waals surface area contributed by atoms with Crippen LogP contribution in [0, 0.1) is 13.8 Å². The minimum absolute atomic E-state index is 0.182. The fourth-order valence-corrected chi connectivity index (χ4v) is 1.99. The normalized spacial score (nSPS) is 11.8. The number of benzene rings is 1. The molecule has 1 rings (SSSR count). The van der Waals surface area contributed by atoms with E-state index in [1.165, 1.54) is 16.7 Å². The van der Waals surface area contributed by atoms with Crippen molar-refractivity contribution in [2.75, 3.05) is 7.05 Å². The third-order valence-electron chi connectivity index (χ3n) is 3.68. The molecule has 0 saturated heterocycles. The summed E-state index contributed by atoms with van der Waals surface area (Å²) in [6.45, 7) is 9.25. The molecule has 0 unspecified atom stereocenters. The Labute approximate surface area is 105 Å². The van der Waals surface area contributed by atoms with E-state index in [9.17, 15) is 0 Å². The van der Waals surface area contributed by atoms with Gasteiger partial charge < -0.3 is 4.74 Å². The number of aryl methyl sites for hydroxylation is 2. The van der Waals surface area contributed by atoms with Crippen LogP contribution in [0.4, 0.5) is 0 Å². The van der Waals surface area contributed by atoms with Crippen molar-refractivity contribution in [3.8, 4) is 0 Å². The Hall–Kier alpha value is -0.860. The van der Waals surface area contributed by atoms with E-state index < -0.39 is 0 Å². The first-order chi connectivity index (χ1) is 8.06. The SMILES string of the molecule is CCC(CC)(NC)OCc1ccc(C)c(C)c1. The molecule has 0 bridgehead atoms. The predicted molar refractivity (Wildman–Crippen MR) is 73.1 cm³/mol. The lowest BCUT2D eigenvalue weighted by atomic mass is 10.1. The molecule has 1 N–H and O–H groups in total. The highest BCUT2D eigenvalue weighted by molar-refractivity contribution is 5.29. The van der Waals surface area contributed by atoms with Crippen molar-refractivity contribution in [2.45, 2.75) is 52.9 Å². The summed E-state index contributed by atoms with van der Waals surface area (Å²) in [5.41, 5.74) is 3.72. The van der Waals surface area contributed by atoms with Crippen LogP contribution in [-0.2, 0) is 11.3 Å². The fourth-order valence-electron chi connectivity index (χ4n) is 1.99. The van der Waals surface area contributed by atoms with E-state index in [0.717, 1.165) is 12.8 Å². The van der Waals surface area contributed by atoms with E-state index in [1.54, 1.807) is 0 Å². The molecule has 0 amide bonds. The average Bonchev–Trinajstić information content (AvgIpc) is 2.36. The van der Waals surface area contributed by atoms with E-state index in [2.05, 4.69) is 51.2 Å². The van der Waals surface area contributed by atoms with Gasteiger partial charge in [0.15, 0.2) is 0 Å². The molecule has 0 aliphatic heterocycles. The van der Waals surface area contributed by atoms with E-state index in [0.29, 0.717) is 6.61 Å². The largest absolute Gasteiger partial charge is 0.356 e. The molecule has 1 aromatic carbocycles. The van der Waals surface area contributed by atoms with E-state index in [-0.39, 0.29) is 5.72 Å². The number of rotatable bonds is 6. The molecule has 2 heteroatoms. The molecule has 2 nitrogen and oxygen atoms in total. The summed E-state index contributed by atoms with van der Waals surface area (Å²) in [7, 11) is 1.97. The van der Waals surface area contributed by atoms with Crippen LogP contribution in [0.25, 0.3) is 0 Å². The maximum Gasteiger partial charge on any atom is 0.118 e. The quantitative estimate of drug-likeness (QED) is 0.761. The van der Waals surface area contributed by atoms with Gasteiger partial charge in [-0.25, -0.2) is 0 Å². The summed E-state index contributed by atoms with van der Waals surface area (Å²) in [6.07, 6.45) is 1.95. The van der Waals surface area contributed by atoms with Crippen molar-refractivity contribution in [2.24, 2.45) is 0 Å². The Kier molecular flexibility index (Phi) is 5.16. The van der Waals surface area contributed by atoms with Gasteiger partial charge in [0.05, 0.1) is 6.61 Å². The lowest BCUT2D eigenvalue weighted by Crippen LogP contribution is -2.44. The zero-order chi connectivity index (χ0) is 12.9. The van der Waals surface area contributed by atoms with Crippen molar-refractivity contribution < 1.29 is 4.74 Å². The van der Waals surface area contributed by atoms with E-state index >= 15 is 0 Å². The number of nitrogens with one attached hydrogen (secondary N) is 1. The van der Waals surface area contributed by atoms with E-state index in [4.69, 9.17) is 4.74 Å². The monoisotopic (exact) mass is 235 g/mol. The molecule has 0 aliphatic rings. The van der Waals surface area contributed by atoms with Gasteiger partial charge in [-0.15, -0.1) is 0 Å². The van der Waals surface area contributed by atoms with Crippen LogP contribution in [0.5, 0.6) is 0 Å². The molecule has 0 aliphatic carbocycles. The second-order valence-corrected chi connectivity index (χ2v) is 4.66. The lowest BCUT2D eigenvalue weighted by molar-refractivity contribution is -0.0820. The summed E-state index contributed by atoms with van der Waals surface area (Å²) < 4.78 is 6.05. The Morgan fingerprint density at radius 2 is 1.76 bits per heavy atom. The van der Waals surface area contributed by atoms with Crippen LogP contribution in [0.2, 0.25) is 0 Å². The Morgan fingerprint density at radius 1 is 1.12 bits per heavy atom. The van der Waals surface area contributed by atoms with Gasteiger partial charge >= 0.3 is 0 Å². The molecule has 17 heavy (non-hydrogen) atoms. The third kappa shape index (κ3) is 3.55. The van der Waals surface area contributed by atoms with Crippen LogP contribution in [-0.4, -0.2) is 12.8 Å². The van der Waals surface area contributed by atoms with Crippen molar-refractivity contribution in [1.29, 1.82) is 0 Å². The molecule has 0 atom stereocenters. The Bertz CT molecular complexity index is 348. The first kappa shape index (κ1) is 14.2. The van der Waals surface area contributed by atoms with Gasteiger partial charge in [-0.05, 0) is 50.4 Å². The zero-order valence-electron chi connectivity index (χ0n) is 11.8. The van der Waals surface area contributed by atoms with Crippen LogP contribution >= 0.6 is 0 Å². The highest BCUT2D eigenvalue weighted by Gasteiger charge is 2.24. The summed E-state index contributed by atoms with van der Waals surface area (Å²) in [5, 5.41) is 3.29. The topological polar surface area (TPSA) is 21.3 Å². The van der Waals surface area contributed by atoms with Gasteiger partial charge in [-0.1, -0.05) is 32.0 Å². The first-order valence-electron chi connectivity index (χ1n) is 6.46. The summed E-state index contributed by atoms with van der Waals surface area (Å²) in [4.78, 5) is 0. The number of ether oxygens (including phenoxy) is 1. The van der Waals surface area contributed by atoms with Crippen LogP contribution in [0.3, 0.4) is 0 Å². The van der Waals surface area contributed by atoms with Crippen LogP contribution < -0.4 is 5.32 Å². The van der Waals surface area contributed by atoms with Crippen molar-refractivity contribution in [1.82, 2.24) is 5.32 Å². The maximum atomic E-state index is 6.05. The van der Waals surface area contributed by atoms with Crippen molar-refractivity contribution in [3.63, 3.8) is 0 Å². The molecule has 0 aromatic heterocycles. The molecule has 0 fully saturated rings. The molecule has 0 heterocycles. The van der Waals surface area contributed by atoms with Gasteiger partial charge in [0.2, 0.25) is 0 Å². The molecule has 0 saturated carbocycles. The second kappa shape index (κ2) is 6.18. The highest BCUT2D eigenvalue weighted by atomic mass is 16.5.